The maximum atomic E-state index is 2.31. The lowest BCUT2D eigenvalue weighted by atomic mass is 8.64. The first-order valence-corrected chi connectivity index (χ1v) is 4.09. The van der Waals surface area contributed by atoms with Crippen LogP contribution in [0.3, 0.4) is 0 Å². The standard InChI is InChI=1S/B9H11/c1-6-9(7(2)3)8(4)5/h6H,1-5H2. The Hall–Kier alpha value is 0.584. The number of rotatable bonds is 3. The monoisotopic (exact) mass is 110 g/mol. The minimum absolute atomic E-state index is 0.856. The van der Waals surface area contributed by atoms with E-state index < -0.39 is 0 Å². The Kier molecular flexibility index (Phi) is 4.69. The van der Waals surface area contributed by atoms with Crippen LogP contribution in [0.25, 0.3) is 0 Å². The molecule has 9 heavy (non-hydrogen) atoms. The van der Waals surface area contributed by atoms with Crippen LogP contribution in [0.15, 0.2) is 0 Å². The van der Waals surface area contributed by atoms with Crippen molar-refractivity contribution in [1.82, 2.24) is 0 Å². The summed E-state index contributed by atoms with van der Waals surface area (Å²) >= 11 is 0. The molecule has 0 aliphatic rings. The van der Waals surface area contributed by atoms with Crippen LogP contribution in [0.2, 0.25) is 0 Å². The van der Waals surface area contributed by atoms with E-state index in [4.69, 9.17) is 0 Å². The lowest BCUT2D eigenvalue weighted by Gasteiger charge is -2.15. The molecule has 0 saturated heterocycles. The first kappa shape index (κ1) is 9.58. The average Bonchev–Trinajstić information content (AvgIpc) is 1.64. The van der Waals surface area contributed by atoms with Gasteiger partial charge in [0, 0.05) is 26.2 Å². The van der Waals surface area contributed by atoms with E-state index >= 15 is 0 Å². The number of hydrogen-bond acceptors (Lipinski definition) is 0. The van der Waals surface area contributed by atoms with Gasteiger partial charge in [0.05, 0.1) is 38.7 Å². The lowest BCUT2D eigenvalue weighted by molar-refractivity contribution is 3.58. The van der Waals surface area contributed by atoms with Crippen LogP contribution in [-0.4, -0.2) is 64.9 Å². The second-order valence-electron chi connectivity index (χ2n) is 3.56. The van der Waals surface area contributed by atoms with Gasteiger partial charge in [-0.3, -0.25) is 0 Å². The smallest absolute Gasteiger partial charge is 0.00886 e. The van der Waals surface area contributed by atoms with Crippen molar-refractivity contribution in [3.05, 3.63) is 0 Å². The fraction of sp³-hybridized carbons (Fsp3) is 0. The summed E-state index contributed by atoms with van der Waals surface area (Å²) in [7, 11) is 12.9. The predicted molar refractivity (Wildman–Crippen MR) is 67.1 cm³/mol. The van der Waals surface area contributed by atoms with Crippen LogP contribution < -0.4 is 0 Å². The first-order valence-electron chi connectivity index (χ1n) is 4.09. The van der Waals surface area contributed by atoms with Gasteiger partial charge < -0.3 is 0 Å². The molecule has 0 bridgehead atoms. The van der Waals surface area contributed by atoms with E-state index in [2.05, 4.69) is 38.7 Å². The lowest BCUT2D eigenvalue weighted by Crippen LogP contribution is -2.55. The van der Waals surface area contributed by atoms with Crippen molar-refractivity contribution in [3.63, 3.8) is 0 Å². The molecule has 0 fully saturated rings. The fourth-order valence-electron chi connectivity index (χ4n) is 1.71. The van der Waals surface area contributed by atoms with Crippen LogP contribution in [0.1, 0.15) is 0 Å². The van der Waals surface area contributed by atoms with Crippen molar-refractivity contribution >= 4 is 64.9 Å². The highest BCUT2D eigenvalue weighted by atomic mass is 13.0. The molecular formula is H11B9. The Balaban J connectivity index is 3.68. The van der Waals surface area contributed by atoms with Gasteiger partial charge in [-0.1, -0.05) is 0 Å². The SMILES string of the molecule is BBB(B(B)B)B(B)B. The maximum Gasteiger partial charge on any atom is 0.0593 e. The van der Waals surface area contributed by atoms with Gasteiger partial charge in [0.1, 0.15) is 0 Å². The van der Waals surface area contributed by atoms with Crippen molar-refractivity contribution in [2.75, 3.05) is 0 Å². The summed E-state index contributed by atoms with van der Waals surface area (Å²) in [4.78, 5) is 0. The summed E-state index contributed by atoms with van der Waals surface area (Å²) in [5.41, 5.74) is 0. The molecule has 0 nitrogen and oxygen atoms in total. The summed E-state index contributed by atoms with van der Waals surface area (Å²) in [6.45, 7) is 0. The summed E-state index contributed by atoms with van der Waals surface area (Å²) < 4.78 is 0. The Morgan fingerprint density at radius 3 is 1.22 bits per heavy atom. The van der Waals surface area contributed by atoms with Crippen LogP contribution in [0.5, 0.6) is 0 Å². The molecule has 0 atom stereocenters. The fourth-order valence-corrected chi connectivity index (χ4v) is 1.71. The van der Waals surface area contributed by atoms with E-state index in [0.29, 0.717) is 0 Å². The van der Waals surface area contributed by atoms with E-state index in [-0.39, 0.29) is 0 Å². The molecule has 0 aliphatic heterocycles. The minimum Gasteiger partial charge on any atom is 0.00886 e. The Bertz CT molecular complexity index is 54.4. The minimum atomic E-state index is 0.856. The maximum absolute atomic E-state index is 2.31. The van der Waals surface area contributed by atoms with Crippen LogP contribution in [0.4, 0.5) is 0 Å². The largest absolute Gasteiger partial charge is 0.0593 e. The molecule has 38 valence electrons. The summed E-state index contributed by atoms with van der Waals surface area (Å²) in [6, 6.07) is 0. The zero-order valence-corrected chi connectivity index (χ0v) is 7.44. The van der Waals surface area contributed by atoms with Gasteiger partial charge in [0.25, 0.3) is 0 Å². The van der Waals surface area contributed by atoms with Crippen molar-refractivity contribution in [2.24, 2.45) is 0 Å². The Morgan fingerprint density at radius 1 is 0.889 bits per heavy atom. The van der Waals surface area contributed by atoms with E-state index in [1.54, 1.807) is 0 Å². The highest BCUT2D eigenvalue weighted by Crippen LogP contribution is 1.80. The Morgan fingerprint density at radius 2 is 1.22 bits per heavy atom. The summed E-state index contributed by atoms with van der Waals surface area (Å²) in [6.07, 6.45) is 2.63. The first-order chi connectivity index (χ1) is 4.09. The molecule has 9 heteroatoms. The van der Waals surface area contributed by atoms with Crippen molar-refractivity contribution in [2.45, 2.75) is 0 Å². The van der Waals surface area contributed by atoms with Gasteiger partial charge in [0.2, 0.25) is 0 Å². The molecule has 0 aromatic heterocycles. The molecule has 0 aliphatic carbocycles. The van der Waals surface area contributed by atoms with E-state index in [1.165, 1.54) is 7.06 Å². The third-order valence-electron chi connectivity index (χ3n) is 2.18. The normalized spacial score (nSPS) is 8.00. The van der Waals surface area contributed by atoms with Gasteiger partial charge in [-0.05, 0) is 0 Å². The van der Waals surface area contributed by atoms with Crippen molar-refractivity contribution in [3.8, 4) is 0 Å². The molecule has 0 radical (unpaired) electrons. The summed E-state index contributed by atoms with van der Waals surface area (Å²) in [5, 5.41) is 0. The van der Waals surface area contributed by atoms with E-state index in [9.17, 15) is 0 Å². The topological polar surface area (TPSA) is 0 Å². The van der Waals surface area contributed by atoms with Crippen molar-refractivity contribution < 1.29 is 0 Å². The van der Waals surface area contributed by atoms with Gasteiger partial charge in [-0.25, -0.2) is 0 Å². The molecule has 0 heterocycles. The van der Waals surface area contributed by atoms with Crippen LogP contribution in [-0.2, 0) is 0 Å². The van der Waals surface area contributed by atoms with Gasteiger partial charge in [-0.2, -0.15) is 0 Å². The summed E-state index contributed by atoms with van der Waals surface area (Å²) in [5.74, 6) is 0. The third kappa shape index (κ3) is 3.32. The average molecular weight is 108 g/mol. The highest BCUT2D eigenvalue weighted by Gasteiger charge is 2.21. The second-order valence-corrected chi connectivity index (χ2v) is 3.56. The van der Waals surface area contributed by atoms with E-state index in [0.717, 1.165) is 19.2 Å². The van der Waals surface area contributed by atoms with Crippen molar-refractivity contribution in [1.29, 1.82) is 0 Å². The van der Waals surface area contributed by atoms with E-state index in [1.807, 2.05) is 0 Å². The highest BCUT2D eigenvalue weighted by molar-refractivity contribution is 7.93. The molecule has 0 unspecified atom stereocenters. The zero-order chi connectivity index (χ0) is 7.44. The number of hydrogen-bond donors (Lipinski definition) is 0. The molecule has 0 aromatic carbocycles. The second kappa shape index (κ2) is 4.41. The molecule has 0 N–H and O–H groups in total. The molecule has 0 spiro atoms. The van der Waals surface area contributed by atoms with Crippen LogP contribution in [0, 0.1) is 0 Å². The quantitative estimate of drug-likeness (QED) is 0.316. The Labute approximate surface area is 65.5 Å². The molecule has 0 saturated carbocycles. The molecule has 0 aromatic rings. The van der Waals surface area contributed by atoms with Crippen LogP contribution >= 0.6 is 0 Å². The van der Waals surface area contributed by atoms with Gasteiger partial charge in [-0.15, -0.1) is 0 Å². The zero-order valence-electron chi connectivity index (χ0n) is 7.44. The third-order valence-corrected chi connectivity index (χ3v) is 2.18. The molecule has 0 rings (SSSR count). The molecule has 0 amide bonds. The van der Waals surface area contributed by atoms with Gasteiger partial charge >= 0.3 is 0 Å². The molecular weight excluding hydrogens is 97.3 g/mol. The predicted octanol–water partition coefficient (Wildman–Crippen LogP) is -6.37. The van der Waals surface area contributed by atoms with Gasteiger partial charge in [0.15, 0.2) is 0 Å².